The zero-order chi connectivity index (χ0) is 9.07. The third-order valence-electron chi connectivity index (χ3n) is 2.26. The van der Waals surface area contributed by atoms with Gasteiger partial charge in [0.1, 0.15) is 0 Å². The third-order valence-corrected chi connectivity index (χ3v) is 2.42. The Labute approximate surface area is 74.2 Å². The summed E-state index contributed by atoms with van der Waals surface area (Å²) < 4.78 is 0. The second-order valence-corrected chi connectivity index (χ2v) is 4.21. The minimum atomic E-state index is -0.251. The van der Waals surface area contributed by atoms with Gasteiger partial charge in [0.25, 0.3) is 5.24 Å². The first-order valence-corrected chi connectivity index (χ1v) is 4.28. The van der Waals surface area contributed by atoms with Gasteiger partial charge >= 0.3 is 0 Å². The van der Waals surface area contributed by atoms with Crippen molar-refractivity contribution < 1.29 is 4.79 Å². The van der Waals surface area contributed by atoms with Crippen molar-refractivity contribution in [2.45, 2.75) is 27.7 Å². The van der Waals surface area contributed by atoms with E-state index in [9.17, 15) is 4.79 Å². The molecule has 0 aliphatic carbocycles. The Bertz CT molecular complexity index is 143. The van der Waals surface area contributed by atoms with Gasteiger partial charge in [0.05, 0.1) is 0 Å². The summed E-state index contributed by atoms with van der Waals surface area (Å²) in [6, 6.07) is 0. The van der Waals surface area contributed by atoms with Crippen molar-refractivity contribution in [3.63, 3.8) is 0 Å². The molecule has 0 saturated heterocycles. The molecule has 0 bridgehead atoms. The minimum absolute atomic E-state index is 0.151. The van der Waals surface area contributed by atoms with Gasteiger partial charge in [-0.25, -0.2) is 0 Å². The summed E-state index contributed by atoms with van der Waals surface area (Å²) in [4.78, 5) is 10.5. The van der Waals surface area contributed by atoms with Crippen molar-refractivity contribution in [2.75, 3.05) is 6.54 Å². The maximum Gasteiger partial charge on any atom is 0.275 e. The average molecular weight is 175 g/mol. The molecule has 0 aromatic rings. The lowest BCUT2D eigenvalue weighted by molar-refractivity contribution is 0.229. The van der Waals surface area contributed by atoms with E-state index in [4.69, 9.17) is 0 Å². The van der Waals surface area contributed by atoms with Gasteiger partial charge in [0.2, 0.25) is 0 Å². The van der Waals surface area contributed by atoms with Crippen LogP contribution in [0.1, 0.15) is 27.7 Å². The maximum absolute atomic E-state index is 10.5. The highest BCUT2D eigenvalue weighted by atomic mass is 32.1. The van der Waals surface area contributed by atoms with Crippen LogP contribution in [-0.2, 0) is 0 Å². The fourth-order valence-electron chi connectivity index (χ4n) is 0.508. The molecule has 0 spiro atoms. The highest BCUT2D eigenvalue weighted by Crippen LogP contribution is 2.24. The Morgan fingerprint density at radius 1 is 1.55 bits per heavy atom. The molecule has 0 fully saturated rings. The standard InChI is InChI=1S/C8H17NOS/c1-6(2)8(3,4)5-9-7(10)11/h6H,5H2,1-4H3,(H2,9,10,11). The van der Waals surface area contributed by atoms with Gasteiger partial charge in [0.15, 0.2) is 0 Å². The van der Waals surface area contributed by atoms with Crippen molar-refractivity contribution in [1.82, 2.24) is 5.32 Å². The van der Waals surface area contributed by atoms with Crippen molar-refractivity contribution in [3.8, 4) is 0 Å². The first-order valence-electron chi connectivity index (χ1n) is 3.83. The lowest BCUT2D eigenvalue weighted by Crippen LogP contribution is -2.34. The Morgan fingerprint density at radius 3 is 2.27 bits per heavy atom. The SMILES string of the molecule is CC(C)C(C)(C)CNC(=O)S. The molecule has 66 valence electrons. The third kappa shape index (κ3) is 4.30. The molecule has 11 heavy (non-hydrogen) atoms. The molecular formula is C8H17NOS. The van der Waals surface area contributed by atoms with Crippen LogP contribution in [0.3, 0.4) is 0 Å². The first-order chi connectivity index (χ1) is 4.86. The number of carbonyl (C=O) groups excluding carboxylic acids is 1. The van der Waals surface area contributed by atoms with Crippen molar-refractivity contribution in [1.29, 1.82) is 0 Å². The van der Waals surface area contributed by atoms with E-state index in [0.717, 1.165) is 0 Å². The summed E-state index contributed by atoms with van der Waals surface area (Å²) >= 11 is 3.63. The van der Waals surface area contributed by atoms with Crippen LogP contribution in [0.2, 0.25) is 0 Å². The number of hydrogen-bond acceptors (Lipinski definition) is 1. The lowest BCUT2D eigenvalue weighted by atomic mass is 9.81. The zero-order valence-electron chi connectivity index (χ0n) is 7.64. The first kappa shape index (κ1) is 10.8. The molecule has 0 aromatic carbocycles. The summed E-state index contributed by atoms with van der Waals surface area (Å²) in [6.45, 7) is 9.23. The van der Waals surface area contributed by atoms with Gasteiger partial charge in [-0.05, 0) is 11.3 Å². The lowest BCUT2D eigenvalue weighted by Gasteiger charge is -2.28. The highest BCUT2D eigenvalue weighted by molar-refractivity contribution is 7.96. The quantitative estimate of drug-likeness (QED) is 0.633. The Morgan fingerprint density at radius 2 is 2.00 bits per heavy atom. The Balaban J connectivity index is 3.82. The highest BCUT2D eigenvalue weighted by Gasteiger charge is 2.22. The van der Waals surface area contributed by atoms with Gasteiger partial charge in [-0.2, -0.15) is 0 Å². The second kappa shape index (κ2) is 4.00. The molecule has 0 unspecified atom stereocenters. The van der Waals surface area contributed by atoms with Gasteiger partial charge in [0, 0.05) is 6.54 Å². The molecule has 0 atom stereocenters. The van der Waals surface area contributed by atoms with Crippen molar-refractivity contribution in [3.05, 3.63) is 0 Å². The molecular weight excluding hydrogens is 158 g/mol. The average Bonchev–Trinajstić information content (AvgIpc) is 1.84. The summed E-state index contributed by atoms with van der Waals surface area (Å²) in [7, 11) is 0. The number of hydrogen-bond donors (Lipinski definition) is 2. The van der Waals surface area contributed by atoms with E-state index in [1.807, 2.05) is 0 Å². The second-order valence-electron chi connectivity index (χ2n) is 3.80. The summed E-state index contributed by atoms with van der Waals surface area (Å²) in [5, 5.41) is 2.44. The fourth-order valence-corrected chi connectivity index (χ4v) is 0.587. The largest absolute Gasteiger partial charge is 0.347 e. The topological polar surface area (TPSA) is 29.1 Å². The number of nitrogens with one attached hydrogen (secondary N) is 1. The molecule has 2 nitrogen and oxygen atoms in total. The van der Waals surface area contributed by atoms with Gasteiger partial charge in [-0.3, -0.25) is 4.79 Å². The van der Waals surface area contributed by atoms with Crippen LogP contribution >= 0.6 is 12.6 Å². The molecule has 0 aliphatic heterocycles. The molecule has 0 aromatic heterocycles. The molecule has 0 saturated carbocycles. The molecule has 0 aliphatic rings. The smallest absolute Gasteiger partial charge is 0.275 e. The number of rotatable bonds is 3. The molecule has 0 radical (unpaired) electrons. The van der Waals surface area contributed by atoms with E-state index in [0.29, 0.717) is 12.5 Å². The predicted molar refractivity (Wildman–Crippen MR) is 51.0 cm³/mol. The van der Waals surface area contributed by atoms with E-state index in [-0.39, 0.29) is 10.7 Å². The van der Waals surface area contributed by atoms with Crippen LogP contribution in [0.5, 0.6) is 0 Å². The monoisotopic (exact) mass is 175 g/mol. The molecule has 0 rings (SSSR count). The van der Waals surface area contributed by atoms with Crippen LogP contribution in [-0.4, -0.2) is 11.8 Å². The number of thiol groups is 1. The summed E-state index contributed by atoms with van der Waals surface area (Å²) in [5.41, 5.74) is 0.151. The van der Waals surface area contributed by atoms with E-state index >= 15 is 0 Å². The number of carbonyl (C=O) groups is 1. The van der Waals surface area contributed by atoms with Crippen molar-refractivity contribution >= 4 is 17.9 Å². The van der Waals surface area contributed by atoms with Gasteiger partial charge < -0.3 is 5.32 Å². The van der Waals surface area contributed by atoms with E-state index in [1.165, 1.54) is 0 Å². The van der Waals surface area contributed by atoms with Crippen LogP contribution in [0.25, 0.3) is 0 Å². The normalized spacial score (nSPS) is 11.8. The summed E-state index contributed by atoms with van der Waals surface area (Å²) in [6.07, 6.45) is 0. The van der Waals surface area contributed by atoms with Crippen molar-refractivity contribution in [2.24, 2.45) is 11.3 Å². The Kier molecular flexibility index (Phi) is 3.93. The van der Waals surface area contributed by atoms with Crippen LogP contribution in [0.15, 0.2) is 0 Å². The maximum atomic E-state index is 10.5. The van der Waals surface area contributed by atoms with Crippen LogP contribution in [0.4, 0.5) is 4.79 Å². The molecule has 0 heterocycles. The van der Waals surface area contributed by atoms with Gasteiger partial charge in [-0.15, -0.1) is 0 Å². The summed E-state index contributed by atoms with van der Waals surface area (Å²) in [5.74, 6) is 0.558. The molecule has 1 N–H and O–H groups in total. The zero-order valence-corrected chi connectivity index (χ0v) is 8.53. The van der Waals surface area contributed by atoms with E-state index in [2.05, 4.69) is 45.6 Å². The fraction of sp³-hybridized carbons (Fsp3) is 0.875. The predicted octanol–water partition coefficient (Wildman–Crippen LogP) is 2.31. The molecule has 3 heteroatoms. The minimum Gasteiger partial charge on any atom is -0.347 e. The van der Waals surface area contributed by atoms with Crippen LogP contribution < -0.4 is 5.32 Å². The molecule has 1 amide bonds. The van der Waals surface area contributed by atoms with E-state index in [1.54, 1.807) is 0 Å². The Hall–Kier alpha value is -0.180. The van der Waals surface area contributed by atoms with Crippen LogP contribution in [0, 0.1) is 11.3 Å². The number of amides is 1. The van der Waals surface area contributed by atoms with E-state index < -0.39 is 0 Å². The van der Waals surface area contributed by atoms with Gasteiger partial charge in [-0.1, -0.05) is 40.3 Å².